The fourth-order valence-electron chi connectivity index (χ4n) is 2.22. The molecule has 0 amide bonds. The summed E-state index contributed by atoms with van der Waals surface area (Å²) in [5, 5.41) is 0.954. The van der Waals surface area contributed by atoms with Crippen molar-refractivity contribution in [1.82, 2.24) is 0 Å². The zero-order valence-electron chi connectivity index (χ0n) is 12.7. The van der Waals surface area contributed by atoms with Crippen molar-refractivity contribution >= 4 is 29.2 Å². The standard InChI is InChI=1S/C15H21Cl2NO3/c1-15(2,8-14(19)21-4)7-12(18)9-5-11(17)13(20-3)6-10(9)16/h5-6,12H,7-8,18H2,1-4H3. The van der Waals surface area contributed by atoms with E-state index in [-0.39, 0.29) is 17.4 Å². The summed E-state index contributed by atoms with van der Waals surface area (Å²) < 4.78 is 9.81. The lowest BCUT2D eigenvalue weighted by Gasteiger charge is -2.27. The second kappa shape index (κ2) is 7.34. The Morgan fingerprint density at radius 2 is 1.90 bits per heavy atom. The first-order valence-electron chi connectivity index (χ1n) is 6.55. The van der Waals surface area contributed by atoms with Crippen LogP contribution in [0, 0.1) is 5.41 Å². The van der Waals surface area contributed by atoms with E-state index in [0.717, 1.165) is 5.56 Å². The predicted molar refractivity (Wildman–Crippen MR) is 85.0 cm³/mol. The zero-order valence-corrected chi connectivity index (χ0v) is 14.2. The number of rotatable bonds is 6. The Kier molecular flexibility index (Phi) is 6.32. The highest BCUT2D eigenvalue weighted by atomic mass is 35.5. The number of benzene rings is 1. The highest BCUT2D eigenvalue weighted by Gasteiger charge is 2.27. The molecule has 0 fully saturated rings. The van der Waals surface area contributed by atoms with Crippen molar-refractivity contribution in [1.29, 1.82) is 0 Å². The van der Waals surface area contributed by atoms with E-state index in [0.29, 0.717) is 28.6 Å². The van der Waals surface area contributed by atoms with E-state index >= 15 is 0 Å². The van der Waals surface area contributed by atoms with Crippen molar-refractivity contribution in [3.8, 4) is 5.75 Å². The van der Waals surface area contributed by atoms with Crippen LogP contribution in [0.5, 0.6) is 5.75 Å². The Hall–Kier alpha value is -0.970. The number of nitrogens with two attached hydrogens (primary N) is 1. The number of esters is 1. The van der Waals surface area contributed by atoms with Crippen LogP contribution in [0.15, 0.2) is 12.1 Å². The molecule has 0 bridgehead atoms. The highest BCUT2D eigenvalue weighted by Crippen LogP contribution is 2.38. The Balaban J connectivity index is 2.91. The minimum Gasteiger partial charge on any atom is -0.495 e. The van der Waals surface area contributed by atoms with Crippen molar-refractivity contribution in [3.63, 3.8) is 0 Å². The molecule has 0 saturated heterocycles. The van der Waals surface area contributed by atoms with Crippen LogP contribution < -0.4 is 10.5 Å². The van der Waals surface area contributed by atoms with Gasteiger partial charge < -0.3 is 15.2 Å². The van der Waals surface area contributed by atoms with E-state index in [2.05, 4.69) is 0 Å². The van der Waals surface area contributed by atoms with E-state index in [1.807, 2.05) is 13.8 Å². The molecular weight excluding hydrogens is 313 g/mol. The third kappa shape index (κ3) is 5.06. The number of ether oxygens (including phenoxy) is 2. The quantitative estimate of drug-likeness (QED) is 0.799. The molecule has 0 aliphatic carbocycles. The molecular formula is C15H21Cl2NO3. The average Bonchev–Trinajstić information content (AvgIpc) is 2.39. The van der Waals surface area contributed by atoms with Crippen LogP contribution in [-0.2, 0) is 9.53 Å². The Bertz CT molecular complexity index is 518. The second-order valence-corrected chi connectivity index (χ2v) is 6.55. The molecule has 1 unspecified atom stereocenters. The van der Waals surface area contributed by atoms with Gasteiger partial charge in [0, 0.05) is 17.1 Å². The summed E-state index contributed by atoms with van der Waals surface area (Å²) >= 11 is 12.3. The van der Waals surface area contributed by atoms with Crippen LogP contribution in [0.4, 0.5) is 0 Å². The second-order valence-electron chi connectivity index (χ2n) is 5.74. The predicted octanol–water partition coefficient (Wildman–Crippen LogP) is 3.98. The maximum atomic E-state index is 11.4. The molecule has 1 rings (SSSR count). The van der Waals surface area contributed by atoms with Crippen molar-refractivity contribution in [2.75, 3.05) is 14.2 Å². The largest absolute Gasteiger partial charge is 0.495 e. The molecule has 0 radical (unpaired) electrons. The summed E-state index contributed by atoms with van der Waals surface area (Å²) in [7, 11) is 2.90. The maximum Gasteiger partial charge on any atom is 0.306 e. The van der Waals surface area contributed by atoms with Gasteiger partial charge in [-0.1, -0.05) is 37.0 Å². The Labute approximate surface area is 135 Å². The van der Waals surface area contributed by atoms with Gasteiger partial charge in [-0.15, -0.1) is 0 Å². The topological polar surface area (TPSA) is 61.5 Å². The van der Waals surface area contributed by atoms with Gasteiger partial charge in [-0.3, -0.25) is 4.79 Å². The number of hydrogen-bond donors (Lipinski definition) is 1. The molecule has 0 saturated carbocycles. The van der Waals surface area contributed by atoms with Gasteiger partial charge in [-0.25, -0.2) is 0 Å². The lowest BCUT2D eigenvalue weighted by atomic mass is 9.81. The maximum absolute atomic E-state index is 11.4. The van der Waals surface area contributed by atoms with E-state index in [9.17, 15) is 4.79 Å². The molecule has 1 atom stereocenters. The van der Waals surface area contributed by atoms with Gasteiger partial charge in [0.05, 0.1) is 25.7 Å². The van der Waals surface area contributed by atoms with Crippen molar-refractivity contribution in [2.45, 2.75) is 32.7 Å². The van der Waals surface area contributed by atoms with Crippen LogP contribution in [-0.4, -0.2) is 20.2 Å². The molecule has 1 aromatic rings. The summed E-state index contributed by atoms with van der Waals surface area (Å²) in [4.78, 5) is 11.4. The van der Waals surface area contributed by atoms with Gasteiger partial charge in [0.1, 0.15) is 5.75 Å². The number of carbonyl (C=O) groups is 1. The van der Waals surface area contributed by atoms with Crippen LogP contribution in [0.3, 0.4) is 0 Å². The molecule has 118 valence electrons. The summed E-state index contributed by atoms with van der Waals surface area (Å²) in [5.74, 6) is 0.248. The summed E-state index contributed by atoms with van der Waals surface area (Å²) in [5.41, 5.74) is 6.66. The SMILES string of the molecule is COC(=O)CC(C)(C)CC(N)c1cc(Cl)c(OC)cc1Cl. The first kappa shape index (κ1) is 18.1. The molecule has 0 heterocycles. The molecule has 0 aliphatic heterocycles. The highest BCUT2D eigenvalue weighted by molar-refractivity contribution is 6.34. The first-order valence-corrected chi connectivity index (χ1v) is 7.31. The van der Waals surface area contributed by atoms with E-state index in [1.165, 1.54) is 14.2 Å². The first-order chi connectivity index (χ1) is 9.70. The van der Waals surface area contributed by atoms with Crippen molar-refractivity contribution in [3.05, 3.63) is 27.7 Å². The Morgan fingerprint density at radius 3 is 2.43 bits per heavy atom. The van der Waals surface area contributed by atoms with Crippen molar-refractivity contribution in [2.24, 2.45) is 11.1 Å². The van der Waals surface area contributed by atoms with Gasteiger partial charge in [0.2, 0.25) is 0 Å². The van der Waals surface area contributed by atoms with E-state index in [1.54, 1.807) is 12.1 Å². The van der Waals surface area contributed by atoms with Gasteiger partial charge in [-0.05, 0) is 23.5 Å². The minimum absolute atomic E-state index is 0.258. The summed E-state index contributed by atoms with van der Waals surface area (Å²) in [6.45, 7) is 3.92. The molecule has 4 nitrogen and oxygen atoms in total. The zero-order chi connectivity index (χ0) is 16.2. The van der Waals surface area contributed by atoms with Crippen LogP contribution in [0.1, 0.15) is 38.3 Å². The lowest BCUT2D eigenvalue weighted by molar-refractivity contribution is -0.143. The van der Waals surface area contributed by atoms with Crippen LogP contribution in [0.25, 0.3) is 0 Å². The Morgan fingerprint density at radius 1 is 1.29 bits per heavy atom. The molecule has 0 spiro atoms. The normalized spacial score (nSPS) is 12.9. The number of halogens is 2. The fourth-order valence-corrected chi connectivity index (χ4v) is 2.77. The van der Waals surface area contributed by atoms with Crippen LogP contribution >= 0.6 is 23.2 Å². The molecule has 1 aromatic carbocycles. The van der Waals surface area contributed by atoms with E-state index in [4.69, 9.17) is 38.4 Å². The summed E-state index contributed by atoms with van der Waals surface area (Å²) in [6, 6.07) is 3.02. The lowest BCUT2D eigenvalue weighted by Crippen LogP contribution is -2.24. The van der Waals surface area contributed by atoms with Gasteiger partial charge in [0.25, 0.3) is 0 Å². The molecule has 0 aliphatic rings. The molecule has 2 N–H and O–H groups in total. The summed E-state index contributed by atoms with van der Waals surface area (Å²) in [6.07, 6.45) is 0.864. The van der Waals surface area contributed by atoms with Crippen molar-refractivity contribution < 1.29 is 14.3 Å². The van der Waals surface area contributed by atoms with Gasteiger partial charge in [0.15, 0.2) is 0 Å². The molecule has 6 heteroatoms. The molecule has 0 aromatic heterocycles. The average molecular weight is 334 g/mol. The smallest absolute Gasteiger partial charge is 0.306 e. The molecule has 21 heavy (non-hydrogen) atoms. The van der Waals surface area contributed by atoms with Gasteiger partial charge in [-0.2, -0.15) is 0 Å². The number of carbonyl (C=O) groups excluding carboxylic acids is 1. The number of hydrogen-bond acceptors (Lipinski definition) is 4. The third-order valence-electron chi connectivity index (χ3n) is 3.29. The minimum atomic E-state index is -0.333. The van der Waals surface area contributed by atoms with Crippen LogP contribution in [0.2, 0.25) is 10.0 Å². The van der Waals surface area contributed by atoms with Gasteiger partial charge >= 0.3 is 5.97 Å². The monoisotopic (exact) mass is 333 g/mol. The van der Waals surface area contributed by atoms with E-state index < -0.39 is 0 Å². The third-order valence-corrected chi connectivity index (χ3v) is 3.92. The number of methoxy groups -OCH3 is 2. The fraction of sp³-hybridized carbons (Fsp3) is 0.533.